The average Bonchev–Trinajstić information content (AvgIpc) is 2.95. The number of hydrogen-bond donors (Lipinski definition) is 1. The molecule has 0 spiro atoms. The summed E-state index contributed by atoms with van der Waals surface area (Å²) in [4.78, 5) is 25.9. The number of fused-ring (bicyclic) bond motifs is 1. The van der Waals surface area contributed by atoms with Gasteiger partial charge in [-0.25, -0.2) is 4.98 Å². The second-order valence-corrected chi connectivity index (χ2v) is 5.89. The fourth-order valence-electron chi connectivity index (χ4n) is 2.53. The van der Waals surface area contributed by atoms with Gasteiger partial charge in [-0.2, -0.15) is 13.2 Å². The highest BCUT2D eigenvalue weighted by atomic mass is 35.5. The van der Waals surface area contributed by atoms with E-state index in [0.29, 0.717) is 0 Å². The Morgan fingerprint density at radius 3 is 2.63 bits per heavy atom. The minimum atomic E-state index is -4.75. The van der Waals surface area contributed by atoms with Crippen LogP contribution in [0, 0.1) is 10.1 Å². The number of halogens is 4. The van der Waals surface area contributed by atoms with E-state index in [0.717, 1.165) is 10.6 Å². The van der Waals surface area contributed by atoms with E-state index in [1.807, 2.05) is 0 Å². The molecule has 3 aromatic rings. The molecule has 11 heteroatoms. The second kappa shape index (κ2) is 6.88. The van der Waals surface area contributed by atoms with Gasteiger partial charge in [-0.15, -0.1) is 0 Å². The van der Waals surface area contributed by atoms with Crippen molar-refractivity contribution in [1.82, 2.24) is 9.55 Å². The number of aromatic nitrogens is 2. The van der Waals surface area contributed by atoms with Crippen molar-refractivity contribution in [1.29, 1.82) is 0 Å². The van der Waals surface area contributed by atoms with Crippen LogP contribution in [0.5, 0.6) is 0 Å². The number of hydrogen-bond acceptors (Lipinski definition) is 4. The standard InChI is InChI=1S/C16H10ClF3N4O3/c17-10-6-5-9(7-13(10)24(26)27)21-14(25)8-23-12-4-2-1-3-11(12)22-15(23)16(18,19)20/h1-7H,8H2,(H,21,25). The summed E-state index contributed by atoms with van der Waals surface area (Å²) in [6, 6.07) is 9.43. The predicted molar refractivity (Wildman–Crippen MR) is 91.5 cm³/mol. The van der Waals surface area contributed by atoms with Crippen molar-refractivity contribution in [3.8, 4) is 0 Å². The van der Waals surface area contributed by atoms with Crippen LogP contribution in [0.1, 0.15) is 5.82 Å². The van der Waals surface area contributed by atoms with Crippen molar-refractivity contribution in [3.05, 3.63) is 63.4 Å². The van der Waals surface area contributed by atoms with Gasteiger partial charge in [0.25, 0.3) is 5.69 Å². The van der Waals surface area contributed by atoms with Gasteiger partial charge >= 0.3 is 6.18 Å². The quantitative estimate of drug-likeness (QED) is 0.525. The Balaban J connectivity index is 1.91. The number of amides is 1. The van der Waals surface area contributed by atoms with E-state index in [2.05, 4.69) is 10.3 Å². The number of benzene rings is 2. The number of nitro benzene ring substituents is 1. The number of para-hydroxylation sites is 2. The third kappa shape index (κ3) is 3.85. The zero-order valence-electron chi connectivity index (χ0n) is 13.3. The number of carbonyl (C=O) groups is 1. The van der Waals surface area contributed by atoms with Gasteiger partial charge in [-0.3, -0.25) is 14.9 Å². The van der Waals surface area contributed by atoms with Crippen molar-refractivity contribution < 1.29 is 22.9 Å². The highest BCUT2D eigenvalue weighted by Gasteiger charge is 2.38. The molecular weight excluding hydrogens is 389 g/mol. The summed E-state index contributed by atoms with van der Waals surface area (Å²) in [5, 5.41) is 13.1. The summed E-state index contributed by atoms with van der Waals surface area (Å²) in [7, 11) is 0. The number of nitro groups is 1. The van der Waals surface area contributed by atoms with Crippen LogP contribution in [0.3, 0.4) is 0 Å². The maximum Gasteiger partial charge on any atom is 0.449 e. The Labute approximate surface area is 154 Å². The van der Waals surface area contributed by atoms with Crippen LogP contribution in [0.25, 0.3) is 11.0 Å². The third-order valence-electron chi connectivity index (χ3n) is 3.64. The first-order valence-electron chi connectivity index (χ1n) is 7.43. The summed E-state index contributed by atoms with van der Waals surface area (Å²) >= 11 is 5.69. The van der Waals surface area contributed by atoms with Crippen LogP contribution in [-0.4, -0.2) is 20.4 Å². The Morgan fingerprint density at radius 1 is 1.26 bits per heavy atom. The van der Waals surface area contributed by atoms with E-state index in [9.17, 15) is 28.1 Å². The maximum absolute atomic E-state index is 13.2. The highest BCUT2D eigenvalue weighted by molar-refractivity contribution is 6.32. The molecule has 0 atom stereocenters. The molecule has 0 fully saturated rings. The van der Waals surface area contributed by atoms with Crippen LogP contribution in [-0.2, 0) is 17.5 Å². The lowest BCUT2D eigenvalue weighted by Gasteiger charge is -2.12. The molecular formula is C16H10ClF3N4O3. The second-order valence-electron chi connectivity index (χ2n) is 5.48. The number of imidazole rings is 1. The van der Waals surface area contributed by atoms with E-state index < -0.39 is 35.1 Å². The lowest BCUT2D eigenvalue weighted by molar-refractivity contribution is -0.384. The molecule has 1 N–H and O–H groups in total. The molecule has 0 aliphatic heterocycles. The first-order chi connectivity index (χ1) is 12.7. The van der Waals surface area contributed by atoms with E-state index in [4.69, 9.17) is 11.6 Å². The molecule has 0 radical (unpaired) electrons. The summed E-state index contributed by atoms with van der Waals surface area (Å²) in [5.74, 6) is -2.01. The maximum atomic E-state index is 13.2. The monoisotopic (exact) mass is 398 g/mol. The summed E-state index contributed by atoms with van der Waals surface area (Å²) < 4.78 is 40.5. The summed E-state index contributed by atoms with van der Waals surface area (Å²) in [6.45, 7) is -0.675. The van der Waals surface area contributed by atoms with Crippen molar-refractivity contribution >= 4 is 39.9 Å². The van der Waals surface area contributed by atoms with Gasteiger partial charge in [0.1, 0.15) is 11.6 Å². The lowest BCUT2D eigenvalue weighted by Crippen LogP contribution is -2.23. The number of nitrogens with zero attached hydrogens (tertiary/aromatic N) is 3. The molecule has 0 unspecified atom stereocenters. The zero-order chi connectivity index (χ0) is 19.8. The van der Waals surface area contributed by atoms with Crippen LogP contribution in [0.15, 0.2) is 42.5 Å². The van der Waals surface area contributed by atoms with Crippen molar-refractivity contribution in [2.24, 2.45) is 0 Å². The van der Waals surface area contributed by atoms with E-state index in [-0.39, 0.29) is 21.7 Å². The minimum absolute atomic E-state index is 0.0362. The van der Waals surface area contributed by atoms with Crippen molar-refractivity contribution in [3.63, 3.8) is 0 Å². The molecule has 1 amide bonds. The Hall–Kier alpha value is -3.14. The topological polar surface area (TPSA) is 90.1 Å². The number of carbonyl (C=O) groups excluding carboxylic acids is 1. The number of rotatable bonds is 4. The molecule has 27 heavy (non-hydrogen) atoms. The first kappa shape index (κ1) is 18.6. The molecule has 3 rings (SSSR count). The number of alkyl halides is 3. The Kier molecular flexibility index (Phi) is 4.75. The van der Waals surface area contributed by atoms with Crippen LogP contribution >= 0.6 is 11.6 Å². The third-order valence-corrected chi connectivity index (χ3v) is 3.96. The molecule has 140 valence electrons. The normalized spacial score (nSPS) is 11.6. The number of nitrogens with one attached hydrogen (secondary N) is 1. The van der Waals surface area contributed by atoms with Crippen molar-refractivity contribution in [2.45, 2.75) is 12.7 Å². The van der Waals surface area contributed by atoms with E-state index in [1.165, 1.54) is 36.4 Å². The fourth-order valence-corrected chi connectivity index (χ4v) is 2.71. The van der Waals surface area contributed by atoms with E-state index in [1.54, 1.807) is 0 Å². The molecule has 2 aromatic carbocycles. The molecule has 1 heterocycles. The predicted octanol–water partition coefficient (Wildman–Crippen LogP) is 4.26. The molecule has 0 saturated carbocycles. The summed E-state index contributed by atoms with van der Waals surface area (Å²) in [6.07, 6.45) is -4.75. The molecule has 7 nitrogen and oxygen atoms in total. The van der Waals surface area contributed by atoms with Gasteiger partial charge in [-0.05, 0) is 24.3 Å². The van der Waals surface area contributed by atoms with Gasteiger partial charge in [0, 0.05) is 11.8 Å². The van der Waals surface area contributed by atoms with Gasteiger partial charge in [0.15, 0.2) is 0 Å². The molecule has 0 bridgehead atoms. The smallest absolute Gasteiger partial charge is 0.324 e. The number of anilines is 1. The van der Waals surface area contributed by atoms with Gasteiger partial charge < -0.3 is 9.88 Å². The highest BCUT2D eigenvalue weighted by Crippen LogP contribution is 2.32. The van der Waals surface area contributed by atoms with Crippen LogP contribution in [0.4, 0.5) is 24.5 Å². The Bertz CT molecular complexity index is 1050. The minimum Gasteiger partial charge on any atom is -0.324 e. The van der Waals surface area contributed by atoms with Crippen molar-refractivity contribution in [2.75, 3.05) is 5.32 Å². The molecule has 1 aromatic heterocycles. The van der Waals surface area contributed by atoms with Gasteiger partial charge in [0.2, 0.25) is 11.7 Å². The fraction of sp³-hybridized carbons (Fsp3) is 0.125. The lowest BCUT2D eigenvalue weighted by atomic mass is 10.2. The summed E-state index contributed by atoms with van der Waals surface area (Å²) in [5.41, 5.74) is -0.158. The van der Waals surface area contributed by atoms with Crippen LogP contribution in [0.2, 0.25) is 5.02 Å². The van der Waals surface area contributed by atoms with Gasteiger partial charge in [0.05, 0.1) is 16.0 Å². The van der Waals surface area contributed by atoms with Gasteiger partial charge in [-0.1, -0.05) is 23.7 Å². The average molecular weight is 399 g/mol. The first-order valence-corrected chi connectivity index (χ1v) is 7.81. The molecule has 0 aliphatic rings. The molecule has 0 saturated heterocycles. The largest absolute Gasteiger partial charge is 0.449 e. The Morgan fingerprint density at radius 2 is 1.96 bits per heavy atom. The SMILES string of the molecule is O=C(Cn1c(C(F)(F)F)nc2ccccc21)Nc1ccc(Cl)c([N+](=O)[O-])c1. The van der Waals surface area contributed by atoms with E-state index >= 15 is 0 Å². The molecule has 0 aliphatic carbocycles. The zero-order valence-corrected chi connectivity index (χ0v) is 14.1. The van der Waals surface area contributed by atoms with Crippen LogP contribution < -0.4 is 5.32 Å².